The van der Waals surface area contributed by atoms with Crippen molar-refractivity contribution in [1.29, 1.82) is 0 Å². The van der Waals surface area contributed by atoms with E-state index in [4.69, 9.17) is 8.92 Å². The fourth-order valence-electron chi connectivity index (χ4n) is 2.74. The van der Waals surface area contributed by atoms with E-state index in [2.05, 4.69) is 10.5 Å². The zero-order valence-electron chi connectivity index (χ0n) is 17.3. The van der Waals surface area contributed by atoms with Crippen molar-refractivity contribution in [2.75, 3.05) is 7.11 Å². The number of carbonyl (C=O) groups is 1. The second kappa shape index (κ2) is 9.44. The predicted octanol–water partition coefficient (Wildman–Crippen LogP) is 3.84. The molecule has 0 heterocycles. The summed E-state index contributed by atoms with van der Waals surface area (Å²) in [6, 6.07) is 18.0. The minimum atomic E-state index is -4.02. The molecule has 7 nitrogen and oxygen atoms in total. The van der Waals surface area contributed by atoms with Crippen LogP contribution in [-0.4, -0.2) is 27.6 Å². The van der Waals surface area contributed by atoms with Gasteiger partial charge in [0.1, 0.15) is 10.6 Å². The van der Waals surface area contributed by atoms with Gasteiger partial charge in [-0.3, -0.25) is 4.79 Å². The van der Waals surface area contributed by atoms with E-state index in [0.717, 1.165) is 11.1 Å². The molecular weight excluding hydrogens is 416 g/mol. The zero-order chi connectivity index (χ0) is 22.4. The Morgan fingerprint density at radius 1 is 0.935 bits per heavy atom. The molecule has 8 heteroatoms. The van der Waals surface area contributed by atoms with Gasteiger partial charge in [-0.1, -0.05) is 35.9 Å². The SMILES string of the molecule is COc1cc(C)ccc1C(=O)NN=Cc1ccccc1OS(=O)(=O)c1ccc(C)cc1. The largest absolute Gasteiger partial charge is 0.496 e. The fourth-order valence-corrected chi connectivity index (χ4v) is 3.69. The van der Waals surface area contributed by atoms with Gasteiger partial charge < -0.3 is 8.92 Å². The lowest BCUT2D eigenvalue weighted by molar-refractivity contribution is 0.0952. The van der Waals surface area contributed by atoms with Crippen molar-refractivity contribution in [3.63, 3.8) is 0 Å². The Kier molecular flexibility index (Phi) is 6.71. The topological polar surface area (TPSA) is 94.1 Å². The number of carbonyl (C=O) groups excluding carboxylic acids is 1. The number of benzene rings is 3. The maximum atomic E-state index is 12.6. The molecule has 0 bridgehead atoms. The second-order valence-corrected chi connectivity index (χ2v) is 8.34. The van der Waals surface area contributed by atoms with Crippen LogP contribution >= 0.6 is 0 Å². The fraction of sp³-hybridized carbons (Fsp3) is 0.130. The minimum absolute atomic E-state index is 0.0459. The summed E-state index contributed by atoms with van der Waals surface area (Å²) in [5.41, 5.74) is 5.02. The van der Waals surface area contributed by atoms with Gasteiger partial charge in [0.15, 0.2) is 5.75 Å². The highest BCUT2D eigenvalue weighted by molar-refractivity contribution is 7.87. The average Bonchev–Trinajstić information content (AvgIpc) is 2.74. The molecule has 3 aromatic carbocycles. The maximum absolute atomic E-state index is 12.6. The first-order chi connectivity index (χ1) is 14.8. The van der Waals surface area contributed by atoms with E-state index in [9.17, 15) is 13.2 Å². The number of amides is 1. The first-order valence-electron chi connectivity index (χ1n) is 9.38. The molecule has 1 N–H and O–H groups in total. The first kappa shape index (κ1) is 22.0. The molecule has 0 aliphatic heterocycles. The highest BCUT2D eigenvalue weighted by Crippen LogP contribution is 2.22. The van der Waals surface area contributed by atoms with Crippen LogP contribution in [0.25, 0.3) is 0 Å². The summed E-state index contributed by atoms with van der Waals surface area (Å²) in [5, 5.41) is 3.94. The summed E-state index contributed by atoms with van der Waals surface area (Å²) in [5.74, 6) is 0.0633. The lowest BCUT2D eigenvalue weighted by Crippen LogP contribution is -2.18. The molecule has 31 heavy (non-hydrogen) atoms. The van der Waals surface area contributed by atoms with Crippen molar-refractivity contribution in [3.05, 3.63) is 89.0 Å². The summed E-state index contributed by atoms with van der Waals surface area (Å²) in [7, 11) is -2.53. The van der Waals surface area contributed by atoms with Crippen LogP contribution in [0.1, 0.15) is 27.0 Å². The van der Waals surface area contributed by atoms with E-state index >= 15 is 0 Å². The van der Waals surface area contributed by atoms with E-state index in [1.165, 1.54) is 31.5 Å². The van der Waals surface area contributed by atoms with Crippen molar-refractivity contribution in [2.24, 2.45) is 5.10 Å². The van der Waals surface area contributed by atoms with Crippen molar-refractivity contribution in [3.8, 4) is 11.5 Å². The molecule has 0 aliphatic rings. The van der Waals surface area contributed by atoms with Crippen LogP contribution in [0.15, 0.2) is 76.7 Å². The predicted molar refractivity (Wildman–Crippen MR) is 118 cm³/mol. The Balaban J connectivity index is 1.77. The number of rotatable bonds is 7. The van der Waals surface area contributed by atoms with E-state index in [1.807, 2.05) is 13.8 Å². The van der Waals surface area contributed by atoms with Crippen molar-refractivity contribution < 1.29 is 22.1 Å². The molecule has 0 saturated heterocycles. The van der Waals surface area contributed by atoms with Gasteiger partial charge in [-0.15, -0.1) is 0 Å². The van der Waals surface area contributed by atoms with E-state index in [1.54, 1.807) is 48.5 Å². The van der Waals surface area contributed by atoms with Crippen LogP contribution in [0.3, 0.4) is 0 Å². The van der Waals surface area contributed by atoms with Crippen LogP contribution in [0.5, 0.6) is 11.5 Å². The average molecular weight is 439 g/mol. The minimum Gasteiger partial charge on any atom is -0.496 e. The lowest BCUT2D eigenvalue weighted by atomic mass is 10.1. The lowest BCUT2D eigenvalue weighted by Gasteiger charge is -2.10. The van der Waals surface area contributed by atoms with E-state index in [-0.39, 0.29) is 10.6 Å². The summed E-state index contributed by atoms with van der Waals surface area (Å²) in [6.45, 7) is 3.76. The number of hydrazone groups is 1. The summed E-state index contributed by atoms with van der Waals surface area (Å²) >= 11 is 0. The summed E-state index contributed by atoms with van der Waals surface area (Å²) in [6.07, 6.45) is 1.32. The van der Waals surface area contributed by atoms with Gasteiger partial charge in [0.05, 0.1) is 18.9 Å². The van der Waals surface area contributed by atoms with Crippen LogP contribution in [-0.2, 0) is 10.1 Å². The third kappa shape index (κ3) is 5.49. The number of ether oxygens (including phenoxy) is 1. The zero-order valence-corrected chi connectivity index (χ0v) is 18.1. The van der Waals surface area contributed by atoms with Crippen molar-refractivity contribution >= 4 is 22.2 Å². The van der Waals surface area contributed by atoms with Crippen LogP contribution < -0.4 is 14.3 Å². The molecule has 160 valence electrons. The molecule has 3 rings (SSSR count). The molecule has 0 spiro atoms. The third-order valence-corrected chi connectivity index (χ3v) is 5.65. The highest BCUT2D eigenvalue weighted by atomic mass is 32.2. The normalized spacial score (nSPS) is 11.3. The summed E-state index contributed by atoms with van der Waals surface area (Å²) < 4.78 is 35.7. The Hall–Kier alpha value is -3.65. The highest BCUT2D eigenvalue weighted by Gasteiger charge is 2.18. The number of para-hydroxylation sites is 1. The number of nitrogens with zero attached hydrogens (tertiary/aromatic N) is 1. The van der Waals surface area contributed by atoms with Gasteiger partial charge in [-0.25, -0.2) is 5.43 Å². The van der Waals surface area contributed by atoms with Gasteiger partial charge in [0.2, 0.25) is 0 Å². The smallest absolute Gasteiger partial charge is 0.339 e. The van der Waals surface area contributed by atoms with Gasteiger partial charge in [-0.2, -0.15) is 13.5 Å². The monoisotopic (exact) mass is 438 g/mol. The molecule has 0 atom stereocenters. The standard InChI is InChI=1S/C23H22N2O5S/c1-16-8-11-19(12-9-16)31(27,28)30-21-7-5-4-6-18(21)15-24-25-23(26)20-13-10-17(2)14-22(20)29-3/h4-15H,1-3H3,(H,25,26). The van der Waals surface area contributed by atoms with Crippen LogP contribution in [0.2, 0.25) is 0 Å². The van der Waals surface area contributed by atoms with Crippen LogP contribution in [0, 0.1) is 13.8 Å². The van der Waals surface area contributed by atoms with Crippen LogP contribution in [0.4, 0.5) is 0 Å². The molecule has 3 aromatic rings. The summed E-state index contributed by atoms with van der Waals surface area (Å²) in [4.78, 5) is 12.5. The van der Waals surface area contributed by atoms with Gasteiger partial charge in [-0.05, 0) is 55.8 Å². The third-order valence-electron chi connectivity index (χ3n) is 4.40. The molecule has 1 amide bonds. The number of nitrogens with one attached hydrogen (secondary N) is 1. The van der Waals surface area contributed by atoms with Crippen molar-refractivity contribution in [1.82, 2.24) is 5.43 Å². The number of hydrogen-bond acceptors (Lipinski definition) is 6. The molecule has 0 aromatic heterocycles. The number of hydrogen-bond donors (Lipinski definition) is 1. The molecule has 0 unspecified atom stereocenters. The Morgan fingerprint density at radius 2 is 1.61 bits per heavy atom. The Morgan fingerprint density at radius 3 is 2.32 bits per heavy atom. The number of aryl methyl sites for hydroxylation is 2. The Bertz CT molecular complexity index is 1220. The maximum Gasteiger partial charge on any atom is 0.339 e. The Labute approximate surface area is 181 Å². The molecule has 0 fully saturated rings. The van der Waals surface area contributed by atoms with E-state index < -0.39 is 16.0 Å². The quantitative estimate of drug-likeness (QED) is 0.344. The van der Waals surface area contributed by atoms with Gasteiger partial charge in [0, 0.05) is 5.56 Å². The van der Waals surface area contributed by atoms with Gasteiger partial charge in [0.25, 0.3) is 5.91 Å². The second-order valence-electron chi connectivity index (χ2n) is 6.79. The van der Waals surface area contributed by atoms with Gasteiger partial charge >= 0.3 is 10.1 Å². The first-order valence-corrected chi connectivity index (χ1v) is 10.8. The molecule has 0 aliphatic carbocycles. The molecule has 0 radical (unpaired) electrons. The van der Waals surface area contributed by atoms with Crippen molar-refractivity contribution in [2.45, 2.75) is 18.7 Å². The molecular formula is C23H22N2O5S. The van der Waals surface area contributed by atoms with E-state index in [0.29, 0.717) is 16.9 Å². The molecule has 0 saturated carbocycles. The number of methoxy groups -OCH3 is 1.